The van der Waals surface area contributed by atoms with Crippen LogP contribution < -0.4 is 4.74 Å². The number of halogens is 1. The third-order valence-electron chi connectivity index (χ3n) is 2.18. The summed E-state index contributed by atoms with van der Waals surface area (Å²) in [4.78, 5) is 23.1. The number of nitro benzene ring substituents is 1. The van der Waals surface area contributed by atoms with Crippen molar-refractivity contribution in [3.05, 3.63) is 33.9 Å². The molecule has 1 rings (SSSR count). The normalized spacial score (nSPS) is 10.4. The van der Waals surface area contributed by atoms with Gasteiger partial charge in [-0.15, -0.1) is 0 Å². The van der Waals surface area contributed by atoms with E-state index < -0.39 is 10.2 Å². The second-order valence-electron chi connectivity index (χ2n) is 3.86. The zero-order valence-electron chi connectivity index (χ0n) is 10.1. The fraction of sp³-hybridized carbons (Fsp3) is 0.364. The molecule has 7 heteroatoms. The first-order valence-corrected chi connectivity index (χ1v) is 5.55. The Labute approximate surface area is 109 Å². The maximum Gasteiger partial charge on any atom is 0.285 e. The summed E-state index contributed by atoms with van der Waals surface area (Å²) in [5.74, 6) is 0.338. The number of hydrogen-bond acceptors (Lipinski definition) is 5. The molecule has 0 aliphatic rings. The highest BCUT2D eigenvalue weighted by Crippen LogP contribution is 2.25. The van der Waals surface area contributed by atoms with E-state index in [-0.39, 0.29) is 11.3 Å². The molecular weight excluding hydrogens is 260 g/mol. The Balaban J connectivity index is 2.87. The first-order valence-electron chi connectivity index (χ1n) is 5.17. The fourth-order valence-electron chi connectivity index (χ4n) is 1.26. The molecule has 1 aromatic rings. The van der Waals surface area contributed by atoms with E-state index in [1.165, 1.54) is 18.2 Å². The van der Waals surface area contributed by atoms with E-state index in [4.69, 9.17) is 16.3 Å². The van der Waals surface area contributed by atoms with Gasteiger partial charge in [0.05, 0.1) is 11.0 Å². The lowest BCUT2D eigenvalue weighted by molar-refractivity contribution is -0.385. The van der Waals surface area contributed by atoms with Crippen LogP contribution in [0.15, 0.2) is 18.2 Å². The molecule has 6 nitrogen and oxygen atoms in total. The van der Waals surface area contributed by atoms with E-state index in [0.717, 1.165) is 0 Å². The topological polar surface area (TPSA) is 72.7 Å². The minimum atomic E-state index is -0.860. The number of hydrogen-bond donors (Lipinski definition) is 0. The van der Waals surface area contributed by atoms with Crippen LogP contribution in [0, 0.1) is 10.1 Å². The Bertz CT molecular complexity index is 462. The van der Waals surface area contributed by atoms with Gasteiger partial charge in [0.25, 0.3) is 10.9 Å². The summed E-state index contributed by atoms with van der Waals surface area (Å²) in [7, 11) is 3.78. The lowest BCUT2D eigenvalue weighted by Gasteiger charge is -2.11. The fourth-order valence-corrected chi connectivity index (χ4v) is 1.42. The quantitative estimate of drug-likeness (QED) is 0.449. The molecular formula is C11H13ClN2O4. The van der Waals surface area contributed by atoms with E-state index in [0.29, 0.717) is 18.9 Å². The van der Waals surface area contributed by atoms with Gasteiger partial charge < -0.3 is 9.64 Å². The molecule has 0 aliphatic carbocycles. The van der Waals surface area contributed by atoms with Crippen LogP contribution in [-0.2, 0) is 0 Å². The molecule has 0 fully saturated rings. The molecule has 0 heterocycles. The second kappa shape index (κ2) is 6.32. The number of likely N-dealkylation sites (N-methyl/N-ethyl adjacent to an activating group) is 1. The first kappa shape index (κ1) is 14.4. The predicted octanol–water partition coefficient (Wildman–Crippen LogP) is 1.91. The predicted molar refractivity (Wildman–Crippen MR) is 67.3 cm³/mol. The van der Waals surface area contributed by atoms with Crippen molar-refractivity contribution in [2.45, 2.75) is 0 Å². The Morgan fingerprint density at radius 1 is 1.50 bits per heavy atom. The van der Waals surface area contributed by atoms with Crippen LogP contribution in [0.2, 0.25) is 0 Å². The van der Waals surface area contributed by atoms with Crippen LogP contribution >= 0.6 is 11.6 Å². The zero-order valence-corrected chi connectivity index (χ0v) is 10.8. The summed E-state index contributed by atoms with van der Waals surface area (Å²) >= 11 is 5.26. The molecule has 0 aliphatic heterocycles. The van der Waals surface area contributed by atoms with Crippen molar-refractivity contribution in [3.8, 4) is 5.75 Å². The van der Waals surface area contributed by atoms with E-state index in [1.807, 2.05) is 19.0 Å². The maximum atomic E-state index is 11.0. The van der Waals surface area contributed by atoms with E-state index in [1.54, 1.807) is 0 Å². The lowest BCUT2D eigenvalue weighted by atomic mass is 10.2. The number of ether oxygens (including phenoxy) is 1. The van der Waals surface area contributed by atoms with Crippen molar-refractivity contribution >= 4 is 22.5 Å². The van der Waals surface area contributed by atoms with Crippen molar-refractivity contribution in [1.82, 2.24) is 4.90 Å². The summed E-state index contributed by atoms with van der Waals surface area (Å²) < 4.78 is 5.34. The van der Waals surface area contributed by atoms with Gasteiger partial charge in [-0.3, -0.25) is 14.9 Å². The van der Waals surface area contributed by atoms with Crippen LogP contribution in [0.1, 0.15) is 10.4 Å². The van der Waals surface area contributed by atoms with Crippen LogP contribution in [0.25, 0.3) is 0 Å². The minimum absolute atomic E-state index is 0.137. The largest absolute Gasteiger partial charge is 0.492 e. The average Bonchev–Trinajstić information content (AvgIpc) is 2.28. The lowest BCUT2D eigenvalue weighted by Crippen LogP contribution is -2.19. The Hall–Kier alpha value is -1.66. The van der Waals surface area contributed by atoms with Gasteiger partial charge in [0.1, 0.15) is 17.9 Å². The highest BCUT2D eigenvalue weighted by atomic mass is 35.5. The molecule has 1 aromatic carbocycles. The van der Waals surface area contributed by atoms with Gasteiger partial charge in [0.2, 0.25) is 0 Å². The molecule has 18 heavy (non-hydrogen) atoms. The van der Waals surface area contributed by atoms with Crippen molar-refractivity contribution in [2.24, 2.45) is 0 Å². The number of benzene rings is 1. The van der Waals surface area contributed by atoms with Crippen molar-refractivity contribution in [3.63, 3.8) is 0 Å². The Morgan fingerprint density at radius 2 is 2.17 bits per heavy atom. The van der Waals surface area contributed by atoms with Crippen LogP contribution in [0.5, 0.6) is 5.75 Å². The Morgan fingerprint density at radius 3 is 2.67 bits per heavy atom. The van der Waals surface area contributed by atoms with Crippen molar-refractivity contribution < 1.29 is 14.5 Å². The SMILES string of the molecule is CN(C)CCOc1ccc(C(=O)Cl)c([N+](=O)[O-])c1. The van der Waals surface area contributed by atoms with Crippen LogP contribution in [-0.4, -0.2) is 42.3 Å². The molecule has 0 N–H and O–H groups in total. The van der Waals surface area contributed by atoms with Crippen LogP contribution in [0.4, 0.5) is 5.69 Å². The second-order valence-corrected chi connectivity index (χ2v) is 4.20. The molecule has 0 saturated heterocycles. The standard InChI is InChI=1S/C11H13ClN2O4/c1-13(2)5-6-18-8-3-4-9(11(12)15)10(7-8)14(16)17/h3-4,7H,5-6H2,1-2H3. The third kappa shape index (κ3) is 3.97. The van der Waals surface area contributed by atoms with Gasteiger partial charge in [0.15, 0.2) is 0 Å². The number of carbonyl (C=O) groups excluding carboxylic acids is 1. The summed E-state index contributed by atoms with van der Waals surface area (Å²) in [6.07, 6.45) is 0. The number of carbonyl (C=O) groups is 1. The summed E-state index contributed by atoms with van der Waals surface area (Å²) in [6.45, 7) is 1.09. The van der Waals surface area contributed by atoms with Gasteiger partial charge >= 0.3 is 0 Å². The summed E-state index contributed by atoms with van der Waals surface area (Å²) in [6, 6.07) is 3.97. The molecule has 0 unspecified atom stereocenters. The van der Waals surface area contributed by atoms with E-state index in [9.17, 15) is 14.9 Å². The third-order valence-corrected chi connectivity index (χ3v) is 2.39. The Kier molecular flexibility index (Phi) is 5.06. The molecule has 0 bridgehead atoms. The van der Waals surface area contributed by atoms with E-state index in [2.05, 4.69) is 0 Å². The average molecular weight is 273 g/mol. The van der Waals surface area contributed by atoms with Gasteiger partial charge in [-0.1, -0.05) is 0 Å². The number of nitro groups is 1. The summed E-state index contributed by atoms with van der Waals surface area (Å²) in [5, 5.41) is 9.93. The molecule has 0 atom stereocenters. The number of nitrogens with zero attached hydrogens (tertiary/aromatic N) is 2. The van der Waals surface area contributed by atoms with Gasteiger partial charge in [-0.05, 0) is 37.8 Å². The van der Waals surface area contributed by atoms with Crippen molar-refractivity contribution in [1.29, 1.82) is 0 Å². The minimum Gasteiger partial charge on any atom is -0.492 e. The molecule has 0 radical (unpaired) electrons. The van der Waals surface area contributed by atoms with Gasteiger partial charge in [0, 0.05) is 6.54 Å². The van der Waals surface area contributed by atoms with Crippen LogP contribution in [0.3, 0.4) is 0 Å². The molecule has 0 amide bonds. The molecule has 0 saturated carbocycles. The number of rotatable bonds is 6. The molecule has 0 spiro atoms. The maximum absolute atomic E-state index is 11.0. The molecule has 98 valence electrons. The highest BCUT2D eigenvalue weighted by molar-refractivity contribution is 6.68. The highest BCUT2D eigenvalue weighted by Gasteiger charge is 2.19. The molecule has 0 aromatic heterocycles. The smallest absolute Gasteiger partial charge is 0.285 e. The van der Waals surface area contributed by atoms with Gasteiger partial charge in [-0.2, -0.15) is 0 Å². The van der Waals surface area contributed by atoms with Gasteiger partial charge in [-0.25, -0.2) is 0 Å². The zero-order chi connectivity index (χ0) is 13.7. The van der Waals surface area contributed by atoms with E-state index >= 15 is 0 Å². The summed E-state index contributed by atoms with van der Waals surface area (Å²) in [5.41, 5.74) is -0.487. The monoisotopic (exact) mass is 272 g/mol. The first-order chi connectivity index (χ1) is 8.41. The van der Waals surface area contributed by atoms with Crippen molar-refractivity contribution in [2.75, 3.05) is 27.2 Å².